The van der Waals surface area contributed by atoms with Crippen LogP contribution in [0.1, 0.15) is 11.5 Å². The van der Waals surface area contributed by atoms with Gasteiger partial charge in [-0.15, -0.1) is 0 Å². The second kappa shape index (κ2) is 3.69. The van der Waals surface area contributed by atoms with Gasteiger partial charge in [-0.3, -0.25) is 14.6 Å². The molecule has 3 heterocycles. The summed E-state index contributed by atoms with van der Waals surface area (Å²) < 4.78 is 2.93. The van der Waals surface area contributed by atoms with Crippen LogP contribution in [0.25, 0.3) is 5.78 Å². The van der Waals surface area contributed by atoms with Gasteiger partial charge < -0.3 is 5.73 Å². The normalized spacial score (nSPS) is 11.2. The van der Waals surface area contributed by atoms with Crippen LogP contribution in [-0.2, 0) is 6.54 Å². The molecule has 8 heteroatoms. The average Bonchev–Trinajstić information content (AvgIpc) is 2.85. The fraction of sp³-hybridized carbons (Fsp3) is 0.200. The first kappa shape index (κ1) is 10.5. The third-order valence-electron chi connectivity index (χ3n) is 2.47. The SMILES string of the molecule is Cc1cc(=O)n2[nH]c(Cn3cc(N)cn3)nc2n1. The van der Waals surface area contributed by atoms with Crippen molar-refractivity contribution >= 4 is 11.5 Å². The van der Waals surface area contributed by atoms with Crippen LogP contribution in [0.15, 0.2) is 23.3 Å². The van der Waals surface area contributed by atoms with Crippen molar-refractivity contribution in [3.8, 4) is 0 Å². The Kier molecular flexibility index (Phi) is 2.15. The molecule has 0 fully saturated rings. The molecular weight excluding hydrogens is 234 g/mol. The van der Waals surface area contributed by atoms with Crippen LogP contribution in [0.3, 0.4) is 0 Å². The number of aryl methyl sites for hydroxylation is 1. The quantitative estimate of drug-likeness (QED) is 0.636. The highest BCUT2D eigenvalue weighted by Crippen LogP contribution is 2.02. The molecule has 3 aromatic heterocycles. The molecule has 0 spiro atoms. The molecule has 0 aliphatic rings. The van der Waals surface area contributed by atoms with Gasteiger partial charge in [0.15, 0.2) is 0 Å². The molecule has 0 bridgehead atoms. The number of anilines is 1. The molecular formula is C10H11N7O. The van der Waals surface area contributed by atoms with Gasteiger partial charge in [0.2, 0.25) is 0 Å². The number of nitrogen functional groups attached to an aromatic ring is 1. The molecule has 0 saturated carbocycles. The summed E-state index contributed by atoms with van der Waals surface area (Å²) in [6.07, 6.45) is 3.24. The number of aromatic amines is 1. The number of nitrogens with two attached hydrogens (primary N) is 1. The molecule has 0 aliphatic carbocycles. The van der Waals surface area contributed by atoms with Crippen LogP contribution < -0.4 is 11.3 Å². The zero-order valence-corrected chi connectivity index (χ0v) is 9.66. The summed E-state index contributed by atoms with van der Waals surface area (Å²) in [5.41, 5.74) is 6.61. The third-order valence-corrected chi connectivity index (χ3v) is 2.47. The van der Waals surface area contributed by atoms with E-state index in [0.717, 1.165) is 0 Å². The Balaban J connectivity index is 2.03. The summed E-state index contributed by atoms with van der Waals surface area (Å²) in [7, 11) is 0. The van der Waals surface area contributed by atoms with Gasteiger partial charge in [0.05, 0.1) is 11.9 Å². The maximum absolute atomic E-state index is 11.7. The van der Waals surface area contributed by atoms with Crippen molar-refractivity contribution < 1.29 is 0 Å². The molecule has 0 saturated heterocycles. The highest BCUT2D eigenvalue weighted by Gasteiger charge is 2.07. The fourth-order valence-electron chi connectivity index (χ4n) is 1.73. The number of H-pyrrole nitrogens is 1. The number of nitrogens with zero attached hydrogens (tertiary/aromatic N) is 5. The van der Waals surface area contributed by atoms with E-state index in [1.807, 2.05) is 0 Å². The van der Waals surface area contributed by atoms with Crippen LogP contribution in [0.2, 0.25) is 0 Å². The molecule has 18 heavy (non-hydrogen) atoms. The molecule has 0 aromatic carbocycles. The summed E-state index contributed by atoms with van der Waals surface area (Å²) >= 11 is 0. The van der Waals surface area contributed by atoms with E-state index in [4.69, 9.17) is 5.73 Å². The van der Waals surface area contributed by atoms with Gasteiger partial charge in [-0.1, -0.05) is 0 Å². The average molecular weight is 245 g/mol. The maximum atomic E-state index is 11.7. The number of hydrogen-bond donors (Lipinski definition) is 2. The first-order valence-corrected chi connectivity index (χ1v) is 5.35. The zero-order chi connectivity index (χ0) is 12.7. The van der Waals surface area contributed by atoms with Gasteiger partial charge >= 0.3 is 0 Å². The lowest BCUT2D eigenvalue weighted by molar-refractivity contribution is 0.653. The van der Waals surface area contributed by atoms with Crippen molar-refractivity contribution in [1.82, 2.24) is 29.4 Å². The topological polar surface area (TPSA) is 107 Å². The molecule has 0 aliphatic heterocycles. The van der Waals surface area contributed by atoms with Crippen molar-refractivity contribution in [3.05, 3.63) is 40.3 Å². The fourth-order valence-corrected chi connectivity index (χ4v) is 1.73. The molecule has 3 N–H and O–H groups in total. The van der Waals surface area contributed by atoms with E-state index in [2.05, 4.69) is 20.2 Å². The van der Waals surface area contributed by atoms with E-state index in [-0.39, 0.29) is 5.56 Å². The lowest BCUT2D eigenvalue weighted by Gasteiger charge is -1.95. The summed E-state index contributed by atoms with van der Waals surface area (Å²) in [6, 6.07) is 1.45. The largest absolute Gasteiger partial charge is 0.396 e. The molecule has 0 unspecified atom stereocenters. The molecule has 8 nitrogen and oxygen atoms in total. The van der Waals surface area contributed by atoms with E-state index >= 15 is 0 Å². The number of hydrogen-bond acceptors (Lipinski definition) is 5. The predicted octanol–water partition coefficient (Wildman–Crippen LogP) is -0.447. The summed E-state index contributed by atoms with van der Waals surface area (Å²) in [5.74, 6) is 0.948. The molecule has 0 atom stereocenters. The second-order valence-electron chi connectivity index (χ2n) is 4.01. The van der Waals surface area contributed by atoms with E-state index < -0.39 is 0 Å². The zero-order valence-electron chi connectivity index (χ0n) is 9.66. The van der Waals surface area contributed by atoms with Crippen molar-refractivity contribution in [1.29, 1.82) is 0 Å². The van der Waals surface area contributed by atoms with Crippen molar-refractivity contribution in [2.45, 2.75) is 13.5 Å². The minimum atomic E-state index is -0.184. The highest BCUT2D eigenvalue weighted by molar-refractivity contribution is 5.31. The van der Waals surface area contributed by atoms with Crippen molar-refractivity contribution in [3.63, 3.8) is 0 Å². The lowest BCUT2D eigenvalue weighted by Crippen LogP contribution is -2.14. The summed E-state index contributed by atoms with van der Waals surface area (Å²) in [6.45, 7) is 2.16. The molecule has 92 valence electrons. The molecule has 0 amide bonds. The monoisotopic (exact) mass is 245 g/mol. The molecule has 0 radical (unpaired) electrons. The summed E-state index contributed by atoms with van der Waals surface area (Å²) in [5, 5.41) is 6.92. The van der Waals surface area contributed by atoms with Crippen LogP contribution in [0, 0.1) is 6.92 Å². The van der Waals surface area contributed by atoms with E-state index in [1.54, 1.807) is 24.0 Å². The van der Waals surface area contributed by atoms with Gasteiger partial charge in [-0.05, 0) is 6.92 Å². The van der Waals surface area contributed by atoms with E-state index in [0.29, 0.717) is 29.5 Å². The van der Waals surface area contributed by atoms with Gasteiger partial charge in [0.1, 0.15) is 12.4 Å². The smallest absolute Gasteiger partial charge is 0.274 e. The summed E-state index contributed by atoms with van der Waals surface area (Å²) in [4.78, 5) is 20.1. The van der Waals surface area contributed by atoms with Gasteiger partial charge in [-0.25, -0.2) is 4.98 Å². The Labute approximate surface area is 101 Å². The van der Waals surface area contributed by atoms with Gasteiger partial charge in [0, 0.05) is 18.0 Å². The van der Waals surface area contributed by atoms with Gasteiger partial charge in [-0.2, -0.15) is 14.6 Å². The molecule has 3 aromatic rings. The van der Waals surface area contributed by atoms with Crippen LogP contribution in [0.5, 0.6) is 0 Å². The number of aromatic nitrogens is 6. The first-order valence-electron chi connectivity index (χ1n) is 5.35. The van der Waals surface area contributed by atoms with Gasteiger partial charge in [0.25, 0.3) is 11.3 Å². The van der Waals surface area contributed by atoms with Crippen molar-refractivity contribution in [2.75, 3.05) is 5.73 Å². The predicted molar refractivity (Wildman–Crippen MR) is 64.1 cm³/mol. The number of fused-ring (bicyclic) bond motifs is 1. The Bertz CT molecular complexity index is 766. The minimum absolute atomic E-state index is 0.184. The highest BCUT2D eigenvalue weighted by atomic mass is 16.1. The lowest BCUT2D eigenvalue weighted by atomic mass is 10.5. The minimum Gasteiger partial charge on any atom is -0.396 e. The number of nitrogens with one attached hydrogen (secondary N) is 1. The standard InChI is InChI=1S/C10H11N7O/c1-6-2-9(18)17-10(13-6)14-8(15-17)5-16-4-7(11)3-12-16/h2-4H,5,11H2,1H3,(H,13,14,15). The van der Waals surface area contributed by atoms with E-state index in [9.17, 15) is 4.79 Å². The third kappa shape index (κ3) is 1.73. The van der Waals surface area contributed by atoms with Crippen molar-refractivity contribution in [2.24, 2.45) is 0 Å². The Hall–Kier alpha value is -2.64. The Morgan fingerprint density at radius 1 is 1.44 bits per heavy atom. The van der Waals surface area contributed by atoms with Crippen LogP contribution >= 0.6 is 0 Å². The van der Waals surface area contributed by atoms with E-state index in [1.165, 1.54) is 10.6 Å². The molecule has 3 rings (SSSR count). The Morgan fingerprint density at radius 3 is 3.00 bits per heavy atom. The maximum Gasteiger partial charge on any atom is 0.274 e. The van der Waals surface area contributed by atoms with Crippen LogP contribution in [0.4, 0.5) is 5.69 Å². The van der Waals surface area contributed by atoms with Crippen LogP contribution in [-0.4, -0.2) is 29.4 Å². The Morgan fingerprint density at radius 2 is 2.28 bits per heavy atom. The second-order valence-corrected chi connectivity index (χ2v) is 4.01. The number of rotatable bonds is 2. The first-order chi connectivity index (χ1) is 8.61.